The van der Waals surface area contributed by atoms with Gasteiger partial charge in [-0.3, -0.25) is 0 Å². The number of urea groups is 1. The van der Waals surface area contributed by atoms with Crippen molar-refractivity contribution in [2.75, 3.05) is 33.4 Å². The van der Waals surface area contributed by atoms with Gasteiger partial charge < -0.3 is 19.4 Å². The first-order valence-corrected chi connectivity index (χ1v) is 6.84. The molecule has 0 bridgehead atoms. The van der Waals surface area contributed by atoms with E-state index in [0.29, 0.717) is 32.5 Å². The van der Waals surface area contributed by atoms with Gasteiger partial charge in [-0.2, -0.15) is 13.2 Å². The second-order valence-corrected chi connectivity index (χ2v) is 4.95. The van der Waals surface area contributed by atoms with Gasteiger partial charge in [0, 0.05) is 26.7 Å². The number of rotatable bonds is 4. The Labute approximate surface area is 124 Å². The quantitative estimate of drug-likeness (QED) is 0.852. The van der Waals surface area contributed by atoms with Crippen molar-refractivity contribution in [3.05, 3.63) is 11.8 Å². The fraction of sp³-hybridized carbons (Fsp3) is 0.750. The minimum Gasteiger partial charge on any atom is -0.417 e. The predicted molar refractivity (Wildman–Crippen MR) is 68.1 cm³/mol. The molecule has 1 aliphatic rings. The van der Waals surface area contributed by atoms with Crippen LogP contribution in [0.3, 0.4) is 0 Å². The van der Waals surface area contributed by atoms with E-state index in [0.717, 1.165) is 0 Å². The Kier molecular flexibility index (Phi) is 5.22. The van der Waals surface area contributed by atoms with Gasteiger partial charge in [-0.1, -0.05) is 0 Å². The number of aromatic nitrogens is 2. The van der Waals surface area contributed by atoms with Crippen LogP contribution < -0.4 is 5.32 Å². The normalized spacial score (nSPS) is 19.3. The second-order valence-electron chi connectivity index (χ2n) is 4.95. The smallest absolute Gasteiger partial charge is 0.417 e. The van der Waals surface area contributed by atoms with Crippen LogP contribution in [0.1, 0.15) is 30.5 Å². The van der Waals surface area contributed by atoms with Crippen LogP contribution in [0.2, 0.25) is 0 Å². The summed E-state index contributed by atoms with van der Waals surface area (Å²) >= 11 is 0. The van der Waals surface area contributed by atoms with Crippen LogP contribution >= 0.6 is 0 Å². The number of likely N-dealkylation sites (tertiary alicyclic amines) is 1. The molecule has 1 unspecified atom stereocenters. The van der Waals surface area contributed by atoms with E-state index in [1.54, 1.807) is 0 Å². The Morgan fingerprint density at radius 1 is 1.50 bits per heavy atom. The van der Waals surface area contributed by atoms with Gasteiger partial charge >= 0.3 is 18.1 Å². The van der Waals surface area contributed by atoms with Crippen molar-refractivity contribution in [3.63, 3.8) is 0 Å². The van der Waals surface area contributed by atoms with Gasteiger partial charge in [-0.25, -0.2) is 4.79 Å². The summed E-state index contributed by atoms with van der Waals surface area (Å²) in [4.78, 5) is 13.5. The Bertz CT molecular complexity index is 506. The lowest BCUT2D eigenvalue weighted by Crippen LogP contribution is -2.45. The van der Waals surface area contributed by atoms with Crippen LogP contribution in [0.5, 0.6) is 0 Å². The molecule has 0 saturated carbocycles. The van der Waals surface area contributed by atoms with Crippen LogP contribution in [-0.2, 0) is 10.9 Å². The molecule has 1 atom stereocenters. The number of piperidine rings is 1. The highest BCUT2D eigenvalue weighted by Gasteiger charge is 2.39. The minimum absolute atomic E-state index is 0.0817. The highest BCUT2D eigenvalue weighted by Crippen LogP contribution is 2.31. The third-order valence-electron chi connectivity index (χ3n) is 3.32. The van der Waals surface area contributed by atoms with E-state index in [1.807, 2.05) is 0 Å². The summed E-state index contributed by atoms with van der Waals surface area (Å²) in [5.41, 5.74) is 0. The van der Waals surface area contributed by atoms with Crippen LogP contribution in [0.4, 0.5) is 18.0 Å². The second kappa shape index (κ2) is 6.95. The van der Waals surface area contributed by atoms with Crippen molar-refractivity contribution in [2.24, 2.45) is 0 Å². The summed E-state index contributed by atoms with van der Waals surface area (Å²) in [6, 6.07) is -0.280. The first kappa shape index (κ1) is 16.5. The van der Waals surface area contributed by atoms with E-state index in [-0.39, 0.29) is 24.4 Å². The fourth-order valence-electron chi connectivity index (χ4n) is 2.25. The Balaban J connectivity index is 1.95. The molecule has 0 aliphatic carbocycles. The molecule has 1 saturated heterocycles. The van der Waals surface area contributed by atoms with Gasteiger partial charge in [-0.15, -0.1) is 10.2 Å². The zero-order valence-corrected chi connectivity index (χ0v) is 12.0. The van der Waals surface area contributed by atoms with Crippen LogP contribution in [0.25, 0.3) is 0 Å². The highest BCUT2D eigenvalue weighted by molar-refractivity contribution is 5.74. The molecule has 2 heterocycles. The summed E-state index contributed by atoms with van der Waals surface area (Å²) in [7, 11) is 1.52. The van der Waals surface area contributed by atoms with Gasteiger partial charge in [0.2, 0.25) is 5.89 Å². The fourth-order valence-corrected chi connectivity index (χ4v) is 2.25. The molecule has 0 spiro atoms. The van der Waals surface area contributed by atoms with E-state index in [9.17, 15) is 18.0 Å². The molecule has 0 aromatic carbocycles. The molecule has 1 N–H and O–H groups in total. The van der Waals surface area contributed by atoms with Gasteiger partial charge in [0.1, 0.15) is 0 Å². The standard InChI is InChI=1S/C12H17F3N4O3/c1-21-6-4-16-11(20)19-5-2-3-8(7-19)9-17-18-10(22-9)12(13,14)15/h8H,2-7H2,1H3,(H,16,20). The number of methoxy groups -OCH3 is 1. The largest absolute Gasteiger partial charge is 0.470 e. The van der Waals surface area contributed by atoms with E-state index in [4.69, 9.17) is 4.74 Å². The van der Waals surface area contributed by atoms with Gasteiger partial charge in [0.25, 0.3) is 0 Å². The molecule has 1 aromatic heterocycles. The van der Waals surface area contributed by atoms with Crippen molar-refractivity contribution < 1.29 is 27.1 Å². The van der Waals surface area contributed by atoms with Crippen molar-refractivity contribution in [1.82, 2.24) is 20.4 Å². The van der Waals surface area contributed by atoms with E-state index in [2.05, 4.69) is 19.9 Å². The molecule has 1 aliphatic heterocycles. The molecule has 22 heavy (non-hydrogen) atoms. The first-order chi connectivity index (χ1) is 10.4. The molecule has 124 valence electrons. The average Bonchev–Trinajstić information content (AvgIpc) is 2.97. The Morgan fingerprint density at radius 3 is 2.91 bits per heavy atom. The molecular weight excluding hydrogens is 305 g/mol. The zero-order valence-electron chi connectivity index (χ0n) is 12.0. The molecular formula is C12H17F3N4O3. The summed E-state index contributed by atoms with van der Waals surface area (Å²) in [5.74, 6) is -1.82. The Morgan fingerprint density at radius 2 is 2.27 bits per heavy atom. The van der Waals surface area contributed by atoms with E-state index in [1.165, 1.54) is 12.0 Å². The topological polar surface area (TPSA) is 80.5 Å². The molecule has 1 fully saturated rings. The number of alkyl halides is 3. The number of nitrogens with one attached hydrogen (secondary N) is 1. The molecule has 0 radical (unpaired) electrons. The number of ether oxygens (including phenoxy) is 1. The lowest BCUT2D eigenvalue weighted by atomic mass is 9.98. The molecule has 2 rings (SSSR count). The van der Waals surface area contributed by atoms with Crippen molar-refractivity contribution in [3.8, 4) is 0 Å². The molecule has 7 nitrogen and oxygen atoms in total. The number of hydrogen-bond donors (Lipinski definition) is 1. The van der Waals surface area contributed by atoms with Crippen LogP contribution in [0.15, 0.2) is 4.42 Å². The van der Waals surface area contributed by atoms with Gasteiger partial charge in [0.05, 0.1) is 12.5 Å². The maximum atomic E-state index is 12.5. The third-order valence-corrected chi connectivity index (χ3v) is 3.32. The third kappa shape index (κ3) is 4.09. The number of carbonyl (C=O) groups excluding carboxylic acids is 1. The zero-order chi connectivity index (χ0) is 16.2. The maximum absolute atomic E-state index is 12.5. The van der Waals surface area contributed by atoms with E-state index >= 15 is 0 Å². The Hall–Kier alpha value is -1.84. The van der Waals surface area contributed by atoms with E-state index < -0.39 is 12.1 Å². The number of halogens is 3. The lowest BCUT2D eigenvalue weighted by Gasteiger charge is -2.31. The summed E-state index contributed by atoms with van der Waals surface area (Å²) in [6.45, 7) is 1.55. The first-order valence-electron chi connectivity index (χ1n) is 6.84. The summed E-state index contributed by atoms with van der Waals surface area (Å²) in [5, 5.41) is 9.15. The number of amides is 2. The average molecular weight is 322 g/mol. The predicted octanol–water partition coefficient (Wildman–Crippen LogP) is 1.62. The molecule has 1 aromatic rings. The highest BCUT2D eigenvalue weighted by atomic mass is 19.4. The van der Waals surface area contributed by atoms with Crippen LogP contribution in [0, 0.1) is 0 Å². The number of carbonyl (C=O) groups is 1. The summed E-state index contributed by atoms with van der Waals surface area (Å²) < 4.78 is 46.9. The lowest BCUT2D eigenvalue weighted by molar-refractivity contribution is -0.157. The SMILES string of the molecule is COCCNC(=O)N1CCCC(c2nnc(C(F)(F)F)o2)C1. The van der Waals surface area contributed by atoms with Gasteiger partial charge in [0.15, 0.2) is 0 Å². The number of hydrogen-bond acceptors (Lipinski definition) is 5. The summed E-state index contributed by atoms with van der Waals surface area (Å²) in [6.07, 6.45) is -3.40. The van der Waals surface area contributed by atoms with Crippen molar-refractivity contribution in [1.29, 1.82) is 0 Å². The van der Waals surface area contributed by atoms with Gasteiger partial charge in [-0.05, 0) is 12.8 Å². The number of nitrogens with zero attached hydrogens (tertiary/aromatic N) is 3. The molecule has 2 amide bonds. The minimum atomic E-state index is -4.66. The van der Waals surface area contributed by atoms with Crippen LogP contribution in [-0.4, -0.2) is 54.5 Å². The molecule has 10 heteroatoms. The van der Waals surface area contributed by atoms with Crippen molar-refractivity contribution in [2.45, 2.75) is 24.9 Å². The van der Waals surface area contributed by atoms with Crippen molar-refractivity contribution >= 4 is 6.03 Å². The maximum Gasteiger partial charge on any atom is 0.470 e. The monoisotopic (exact) mass is 322 g/mol.